The lowest BCUT2D eigenvalue weighted by Crippen LogP contribution is -2.47. The van der Waals surface area contributed by atoms with E-state index in [1.54, 1.807) is 0 Å². The lowest BCUT2D eigenvalue weighted by Gasteiger charge is -2.39. The zero-order valence-corrected chi connectivity index (χ0v) is 13.1. The van der Waals surface area contributed by atoms with Crippen LogP contribution in [-0.4, -0.2) is 29.9 Å². The number of benzene rings is 1. The standard InChI is InChI=1S/C18H26N2O/c1-13-10-14(2)12-20(11-13)17(15-6-4-3-5-7-15)18(21)19-16-8-9-16/h3-7,13-14,16-17H,8-12H2,1-2H3,(H,19,21). The molecule has 2 aliphatic rings. The molecular weight excluding hydrogens is 260 g/mol. The molecule has 1 N–H and O–H groups in total. The lowest BCUT2D eigenvalue weighted by atomic mass is 9.89. The van der Waals surface area contributed by atoms with Gasteiger partial charge in [0.1, 0.15) is 6.04 Å². The van der Waals surface area contributed by atoms with Gasteiger partial charge in [-0.1, -0.05) is 44.2 Å². The molecule has 1 aliphatic carbocycles. The second-order valence-corrected chi connectivity index (χ2v) is 7.00. The molecule has 1 aromatic rings. The van der Waals surface area contributed by atoms with E-state index < -0.39 is 0 Å². The predicted molar refractivity (Wildman–Crippen MR) is 84.9 cm³/mol. The SMILES string of the molecule is CC1CC(C)CN(C(C(=O)NC2CC2)c2ccccc2)C1. The number of carbonyl (C=O) groups is 1. The van der Waals surface area contributed by atoms with Gasteiger partial charge < -0.3 is 5.32 Å². The average Bonchev–Trinajstić information content (AvgIpc) is 3.23. The molecule has 3 heteroatoms. The van der Waals surface area contributed by atoms with E-state index in [2.05, 4.69) is 36.2 Å². The van der Waals surface area contributed by atoms with Crippen molar-refractivity contribution in [2.24, 2.45) is 11.8 Å². The van der Waals surface area contributed by atoms with Crippen LogP contribution in [-0.2, 0) is 4.79 Å². The van der Waals surface area contributed by atoms with Crippen LogP contribution in [0.15, 0.2) is 30.3 Å². The zero-order chi connectivity index (χ0) is 14.8. The number of amides is 1. The Morgan fingerprint density at radius 3 is 2.33 bits per heavy atom. The topological polar surface area (TPSA) is 32.3 Å². The van der Waals surface area contributed by atoms with E-state index in [-0.39, 0.29) is 11.9 Å². The van der Waals surface area contributed by atoms with E-state index in [0.717, 1.165) is 31.5 Å². The molecule has 1 heterocycles. The van der Waals surface area contributed by atoms with Crippen molar-refractivity contribution in [1.82, 2.24) is 10.2 Å². The Labute approximate surface area is 127 Å². The number of nitrogens with zero attached hydrogens (tertiary/aromatic N) is 1. The Kier molecular flexibility index (Phi) is 4.29. The van der Waals surface area contributed by atoms with Crippen molar-refractivity contribution in [3.63, 3.8) is 0 Å². The smallest absolute Gasteiger partial charge is 0.242 e. The monoisotopic (exact) mass is 286 g/mol. The fourth-order valence-electron chi connectivity index (χ4n) is 3.59. The molecule has 21 heavy (non-hydrogen) atoms. The zero-order valence-electron chi connectivity index (χ0n) is 13.1. The van der Waals surface area contributed by atoms with E-state index in [0.29, 0.717) is 17.9 Å². The summed E-state index contributed by atoms with van der Waals surface area (Å²) in [6, 6.07) is 10.5. The summed E-state index contributed by atoms with van der Waals surface area (Å²) in [6.45, 7) is 6.62. The molecule has 3 nitrogen and oxygen atoms in total. The third-order valence-corrected chi connectivity index (χ3v) is 4.55. The number of nitrogens with one attached hydrogen (secondary N) is 1. The Bertz CT molecular complexity index is 473. The van der Waals surface area contributed by atoms with E-state index in [4.69, 9.17) is 0 Å². The Morgan fingerprint density at radius 1 is 1.14 bits per heavy atom. The van der Waals surface area contributed by atoms with Gasteiger partial charge in [-0.25, -0.2) is 0 Å². The predicted octanol–water partition coefficient (Wildman–Crippen LogP) is 2.98. The minimum Gasteiger partial charge on any atom is -0.352 e. The fourth-order valence-corrected chi connectivity index (χ4v) is 3.59. The van der Waals surface area contributed by atoms with Crippen LogP contribution in [0.5, 0.6) is 0 Å². The molecule has 3 rings (SSSR count). The number of piperidine rings is 1. The molecule has 0 radical (unpaired) electrons. The molecule has 3 unspecified atom stereocenters. The second-order valence-electron chi connectivity index (χ2n) is 7.00. The van der Waals surface area contributed by atoms with Crippen molar-refractivity contribution < 1.29 is 4.79 Å². The van der Waals surface area contributed by atoms with Crippen LogP contribution in [0, 0.1) is 11.8 Å². The van der Waals surface area contributed by atoms with Gasteiger partial charge in [0, 0.05) is 19.1 Å². The average molecular weight is 286 g/mol. The summed E-state index contributed by atoms with van der Waals surface area (Å²) in [5.41, 5.74) is 1.12. The van der Waals surface area contributed by atoms with Crippen molar-refractivity contribution in [3.05, 3.63) is 35.9 Å². The van der Waals surface area contributed by atoms with Crippen LogP contribution >= 0.6 is 0 Å². The quantitative estimate of drug-likeness (QED) is 0.923. The van der Waals surface area contributed by atoms with Gasteiger partial charge in [0.15, 0.2) is 0 Å². The first kappa shape index (κ1) is 14.6. The van der Waals surface area contributed by atoms with Crippen LogP contribution in [0.3, 0.4) is 0 Å². The summed E-state index contributed by atoms with van der Waals surface area (Å²) in [5, 5.41) is 3.20. The maximum absolute atomic E-state index is 12.8. The van der Waals surface area contributed by atoms with Crippen LogP contribution < -0.4 is 5.32 Å². The van der Waals surface area contributed by atoms with E-state index in [1.807, 2.05) is 18.2 Å². The summed E-state index contributed by atoms with van der Waals surface area (Å²) in [4.78, 5) is 15.1. The molecular formula is C18H26N2O. The van der Waals surface area contributed by atoms with Crippen LogP contribution in [0.4, 0.5) is 0 Å². The first-order chi connectivity index (χ1) is 10.1. The first-order valence-corrected chi connectivity index (χ1v) is 8.23. The molecule has 1 saturated heterocycles. The number of rotatable bonds is 4. The van der Waals surface area contributed by atoms with Crippen LogP contribution in [0.2, 0.25) is 0 Å². The van der Waals surface area contributed by atoms with Gasteiger partial charge in [-0.15, -0.1) is 0 Å². The number of hydrogen-bond donors (Lipinski definition) is 1. The number of hydrogen-bond acceptors (Lipinski definition) is 2. The van der Waals surface area contributed by atoms with Crippen molar-refractivity contribution in [2.75, 3.05) is 13.1 Å². The van der Waals surface area contributed by atoms with Gasteiger partial charge in [-0.3, -0.25) is 9.69 Å². The molecule has 0 aromatic heterocycles. The van der Waals surface area contributed by atoms with E-state index >= 15 is 0 Å². The van der Waals surface area contributed by atoms with Crippen molar-refractivity contribution in [1.29, 1.82) is 0 Å². The Balaban J connectivity index is 1.82. The minimum atomic E-state index is -0.128. The van der Waals surface area contributed by atoms with Crippen molar-refractivity contribution in [2.45, 2.75) is 45.2 Å². The highest BCUT2D eigenvalue weighted by molar-refractivity contribution is 5.83. The van der Waals surface area contributed by atoms with Gasteiger partial charge in [0.05, 0.1) is 0 Å². The summed E-state index contributed by atoms with van der Waals surface area (Å²) in [7, 11) is 0. The lowest BCUT2D eigenvalue weighted by molar-refractivity contribution is -0.128. The summed E-state index contributed by atoms with van der Waals surface area (Å²) >= 11 is 0. The van der Waals surface area contributed by atoms with Crippen LogP contribution in [0.1, 0.15) is 44.7 Å². The van der Waals surface area contributed by atoms with Crippen LogP contribution in [0.25, 0.3) is 0 Å². The molecule has 1 saturated carbocycles. The summed E-state index contributed by atoms with van der Waals surface area (Å²) < 4.78 is 0. The first-order valence-electron chi connectivity index (χ1n) is 8.23. The van der Waals surface area contributed by atoms with Crippen molar-refractivity contribution in [3.8, 4) is 0 Å². The van der Waals surface area contributed by atoms with Gasteiger partial charge in [-0.2, -0.15) is 0 Å². The maximum atomic E-state index is 12.8. The molecule has 0 spiro atoms. The highest BCUT2D eigenvalue weighted by Crippen LogP contribution is 2.30. The highest BCUT2D eigenvalue weighted by Gasteiger charge is 2.35. The largest absolute Gasteiger partial charge is 0.352 e. The van der Waals surface area contributed by atoms with Gasteiger partial charge in [0.25, 0.3) is 0 Å². The Hall–Kier alpha value is -1.35. The summed E-state index contributed by atoms with van der Waals surface area (Å²) in [5.74, 6) is 1.51. The second kappa shape index (κ2) is 6.18. The Morgan fingerprint density at radius 2 is 1.76 bits per heavy atom. The molecule has 3 atom stereocenters. The normalized spacial score (nSPS) is 28.1. The number of likely N-dealkylation sites (tertiary alicyclic amines) is 1. The van der Waals surface area contributed by atoms with Crippen molar-refractivity contribution >= 4 is 5.91 Å². The minimum absolute atomic E-state index is 0.128. The molecule has 0 bridgehead atoms. The molecule has 1 aromatic carbocycles. The summed E-state index contributed by atoms with van der Waals surface area (Å²) in [6.07, 6.45) is 3.54. The van der Waals surface area contributed by atoms with Gasteiger partial charge in [0.2, 0.25) is 5.91 Å². The molecule has 1 amide bonds. The molecule has 1 aliphatic heterocycles. The van der Waals surface area contributed by atoms with E-state index in [1.165, 1.54) is 6.42 Å². The third kappa shape index (κ3) is 3.65. The fraction of sp³-hybridized carbons (Fsp3) is 0.611. The third-order valence-electron chi connectivity index (χ3n) is 4.55. The maximum Gasteiger partial charge on any atom is 0.242 e. The highest BCUT2D eigenvalue weighted by atomic mass is 16.2. The molecule has 114 valence electrons. The number of carbonyl (C=O) groups excluding carboxylic acids is 1. The molecule has 2 fully saturated rings. The van der Waals surface area contributed by atoms with Gasteiger partial charge >= 0.3 is 0 Å². The van der Waals surface area contributed by atoms with E-state index in [9.17, 15) is 4.79 Å². The van der Waals surface area contributed by atoms with Gasteiger partial charge in [-0.05, 0) is 36.7 Å².